The van der Waals surface area contributed by atoms with Crippen LogP contribution in [0.3, 0.4) is 0 Å². The second-order valence-electron chi connectivity index (χ2n) is 6.05. The number of carbonyl (C=O) groups excluding carboxylic acids is 2. The Hall–Kier alpha value is -1.30. The molecular weight excluding hydrogens is 270 g/mol. The fraction of sp³-hybridized carbons (Fsp3) is 0.867. The highest BCUT2D eigenvalue weighted by Crippen LogP contribution is 2.15. The zero-order valence-corrected chi connectivity index (χ0v) is 13.2. The number of piperidine rings is 1. The van der Waals surface area contributed by atoms with Gasteiger partial charge in [0.05, 0.1) is 13.2 Å². The zero-order chi connectivity index (χ0) is 15.2. The monoisotopic (exact) mass is 297 g/mol. The fourth-order valence-electron chi connectivity index (χ4n) is 3.07. The van der Waals surface area contributed by atoms with Gasteiger partial charge in [-0.2, -0.15) is 0 Å². The summed E-state index contributed by atoms with van der Waals surface area (Å²) in [4.78, 5) is 29.7. The number of amides is 2. The molecule has 0 bridgehead atoms. The van der Waals surface area contributed by atoms with E-state index in [0.29, 0.717) is 45.2 Å². The summed E-state index contributed by atoms with van der Waals surface area (Å²) in [5, 5.41) is 0. The Bertz CT molecular complexity index is 367. The Balaban J connectivity index is 1.74. The van der Waals surface area contributed by atoms with Gasteiger partial charge in [-0.05, 0) is 32.2 Å². The van der Waals surface area contributed by atoms with Gasteiger partial charge in [-0.25, -0.2) is 4.79 Å². The molecule has 6 heteroatoms. The van der Waals surface area contributed by atoms with Crippen molar-refractivity contribution >= 4 is 12.0 Å². The molecule has 0 saturated carbocycles. The topological polar surface area (TPSA) is 53.1 Å². The molecule has 2 aliphatic heterocycles. The Labute approximate surface area is 127 Å². The summed E-state index contributed by atoms with van der Waals surface area (Å²) in [5.74, 6) is 0.875. The van der Waals surface area contributed by atoms with Crippen LogP contribution < -0.4 is 0 Å². The maximum absolute atomic E-state index is 12.3. The third-order valence-corrected chi connectivity index (χ3v) is 4.26. The molecule has 1 atom stereocenters. The molecule has 2 amide bonds. The quantitative estimate of drug-likeness (QED) is 0.780. The summed E-state index contributed by atoms with van der Waals surface area (Å²) in [6, 6.07) is 0. The van der Waals surface area contributed by atoms with Crippen LogP contribution in [0.2, 0.25) is 0 Å². The Morgan fingerprint density at radius 2 is 1.76 bits per heavy atom. The molecule has 1 unspecified atom stereocenters. The lowest BCUT2D eigenvalue weighted by Gasteiger charge is -2.36. The lowest BCUT2D eigenvalue weighted by Crippen LogP contribution is -2.53. The van der Waals surface area contributed by atoms with Crippen molar-refractivity contribution in [3.63, 3.8) is 0 Å². The van der Waals surface area contributed by atoms with Crippen molar-refractivity contribution in [3.8, 4) is 0 Å². The molecular formula is C15H27N3O3. The molecule has 120 valence electrons. The molecule has 0 aliphatic carbocycles. The average Bonchev–Trinajstić information content (AvgIpc) is 2.47. The van der Waals surface area contributed by atoms with Gasteiger partial charge in [-0.1, -0.05) is 6.92 Å². The minimum atomic E-state index is -0.269. The van der Waals surface area contributed by atoms with Crippen LogP contribution in [-0.2, 0) is 9.53 Å². The van der Waals surface area contributed by atoms with Crippen molar-refractivity contribution < 1.29 is 14.3 Å². The zero-order valence-electron chi connectivity index (χ0n) is 13.2. The largest absolute Gasteiger partial charge is 0.450 e. The molecule has 0 spiro atoms. The first-order valence-corrected chi connectivity index (χ1v) is 8.02. The number of hydrogen-bond donors (Lipinski definition) is 0. The van der Waals surface area contributed by atoms with Gasteiger partial charge in [0.1, 0.15) is 0 Å². The standard InChI is InChI=1S/C15H27N3O3/c1-3-21-15(20)18-9-7-17(8-10-18)14(19)12-16-6-4-5-13(2)11-16/h13H,3-12H2,1-2H3. The molecule has 2 rings (SSSR count). The van der Waals surface area contributed by atoms with Gasteiger partial charge in [-0.15, -0.1) is 0 Å². The van der Waals surface area contributed by atoms with E-state index in [2.05, 4.69) is 11.8 Å². The Morgan fingerprint density at radius 3 is 2.38 bits per heavy atom. The minimum absolute atomic E-state index is 0.188. The highest BCUT2D eigenvalue weighted by molar-refractivity contribution is 5.78. The molecule has 0 N–H and O–H groups in total. The third-order valence-electron chi connectivity index (χ3n) is 4.26. The van der Waals surface area contributed by atoms with Crippen molar-refractivity contribution in [2.24, 2.45) is 5.92 Å². The van der Waals surface area contributed by atoms with Gasteiger partial charge in [0.25, 0.3) is 0 Å². The van der Waals surface area contributed by atoms with E-state index in [-0.39, 0.29) is 12.0 Å². The molecule has 2 fully saturated rings. The molecule has 0 aromatic carbocycles. The van der Waals surface area contributed by atoms with Crippen LogP contribution in [0, 0.1) is 5.92 Å². The maximum atomic E-state index is 12.3. The summed E-state index contributed by atoms with van der Waals surface area (Å²) in [5.41, 5.74) is 0. The van der Waals surface area contributed by atoms with Gasteiger partial charge in [0.15, 0.2) is 0 Å². The molecule has 0 aromatic heterocycles. The predicted octanol–water partition coefficient (Wildman–Crippen LogP) is 1.02. The van der Waals surface area contributed by atoms with Crippen molar-refractivity contribution in [2.45, 2.75) is 26.7 Å². The van der Waals surface area contributed by atoms with E-state index in [1.807, 2.05) is 4.90 Å². The van der Waals surface area contributed by atoms with Gasteiger partial charge >= 0.3 is 6.09 Å². The van der Waals surface area contributed by atoms with Gasteiger partial charge < -0.3 is 14.5 Å². The highest BCUT2D eigenvalue weighted by Gasteiger charge is 2.26. The maximum Gasteiger partial charge on any atom is 0.409 e. The molecule has 2 saturated heterocycles. The number of carbonyl (C=O) groups is 2. The number of ether oxygens (including phenoxy) is 1. The van der Waals surface area contributed by atoms with Crippen molar-refractivity contribution in [2.75, 3.05) is 52.4 Å². The van der Waals surface area contributed by atoms with Gasteiger partial charge in [0.2, 0.25) is 5.91 Å². The van der Waals surface area contributed by atoms with Crippen molar-refractivity contribution in [3.05, 3.63) is 0 Å². The smallest absolute Gasteiger partial charge is 0.409 e. The van der Waals surface area contributed by atoms with Gasteiger partial charge in [-0.3, -0.25) is 9.69 Å². The Morgan fingerprint density at radius 1 is 1.10 bits per heavy atom. The first kappa shape index (κ1) is 16.1. The molecule has 0 radical (unpaired) electrons. The fourth-order valence-corrected chi connectivity index (χ4v) is 3.07. The normalized spacial score (nSPS) is 24.0. The molecule has 6 nitrogen and oxygen atoms in total. The van der Waals surface area contributed by atoms with Crippen LogP contribution in [0.5, 0.6) is 0 Å². The van der Waals surface area contributed by atoms with Crippen LogP contribution in [0.1, 0.15) is 26.7 Å². The summed E-state index contributed by atoms with van der Waals surface area (Å²) in [6.45, 7) is 9.37. The van der Waals surface area contributed by atoms with E-state index in [1.165, 1.54) is 12.8 Å². The second kappa shape index (κ2) is 7.64. The second-order valence-corrected chi connectivity index (χ2v) is 6.05. The summed E-state index contributed by atoms with van der Waals surface area (Å²) >= 11 is 0. The number of nitrogens with zero attached hydrogens (tertiary/aromatic N) is 3. The van der Waals surface area contributed by atoms with Crippen molar-refractivity contribution in [1.29, 1.82) is 0 Å². The molecule has 0 aromatic rings. The van der Waals surface area contributed by atoms with E-state index in [9.17, 15) is 9.59 Å². The molecule has 21 heavy (non-hydrogen) atoms. The number of likely N-dealkylation sites (tertiary alicyclic amines) is 1. The van der Waals surface area contributed by atoms with E-state index in [4.69, 9.17) is 4.74 Å². The molecule has 2 aliphatic rings. The minimum Gasteiger partial charge on any atom is -0.450 e. The average molecular weight is 297 g/mol. The number of hydrogen-bond acceptors (Lipinski definition) is 4. The van der Waals surface area contributed by atoms with Crippen LogP contribution >= 0.6 is 0 Å². The van der Waals surface area contributed by atoms with E-state index < -0.39 is 0 Å². The predicted molar refractivity (Wildman–Crippen MR) is 80.0 cm³/mol. The van der Waals surface area contributed by atoms with Crippen molar-refractivity contribution in [1.82, 2.24) is 14.7 Å². The highest BCUT2D eigenvalue weighted by atomic mass is 16.6. The summed E-state index contributed by atoms with van der Waals surface area (Å²) in [6.07, 6.45) is 2.18. The SMILES string of the molecule is CCOC(=O)N1CCN(C(=O)CN2CCCC(C)C2)CC1. The van der Waals surface area contributed by atoms with E-state index in [0.717, 1.165) is 13.1 Å². The summed E-state index contributed by atoms with van der Waals surface area (Å²) < 4.78 is 4.99. The van der Waals surface area contributed by atoms with Crippen LogP contribution in [0.15, 0.2) is 0 Å². The van der Waals surface area contributed by atoms with Crippen LogP contribution in [-0.4, -0.2) is 79.1 Å². The lowest BCUT2D eigenvalue weighted by molar-refractivity contribution is -0.134. The number of rotatable bonds is 3. The van der Waals surface area contributed by atoms with E-state index >= 15 is 0 Å². The van der Waals surface area contributed by atoms with Gasteiger partial charge in [0, 0.05) is 32.7 Å². The first-order valence-electron chi connectivity index (χ1n) is 8.02. The van der Waals surface area contributed by atoms with Crippen LogP contribution in [0.4, 0.5) is 4.79 Å². The van der Waals surface area contributed by atoms with E-state index in [1.54, 1.807) is 11.8 Å². The molecule has 2 heterocycles. The first-order chi connectivity index (χ1) is 10.1. The Kier molecular flexibility index (Phi) is 5.85. The number of piperazine rings is 1. The summed E-state index contributed by atoms with van der Waals surface area (Å²) in [7, 11) is 0. The van der Waals surface area contributed by atoms with Crippen LogP contribution in [0.25, 0.3) is 0 Å². The lowest BCUT2D eigenvalue weighted by atomic mass is 10.0. The third kappa shape index (κ3) is 4.59.